The van der Waals surface area contributed by atoms with Crippen molar-refractivity contribution >= 4 is 17.5 Å². The number of anilines is 1. The summed E-state index contributed by atoms with van der Waals surface area (Å²) in [6.07, 6.45) is 2.61. The quantitative estimate of drug-likeness (QED) is 0.335. The van der Waals surface area contributed by atoms with Crippen LogP contribution in [0.1, 0.15) is 66.4 Å². The first-order chi connectivity index (χ1) is 18.7. The van der Waals surface area contributed by atoms with E-state index in [1.807, 2.05) is 0 Å². The van der Waals surface area contributed by atoms with E-state index in [9.17, 15) is 27.2 Å². The van der Waals surface area contributed by atoms with E-state index in [0.717, 1.165) is 82.3 Å². The zero-order valence-electron chi connectivity index (χ0n) is 22.0. The number of Topliss-reactive ketones (excluding diaryl/α,β-unsaturated/α-hetero) is 1. The normalized spacial score (nSPS) is 22.5. The Morgan fingerprint density at radius 1 is 0.897 bits per heavy atom. The van der Waals surface area contributed by atoms with Crippen molar-refractivity contribution in [2.24, 2.45) is 11.8 Å². The number of carbonyl (C=O) groups excluding carboxylic acids is 2. The fourth-order valence-corrected chi connectivity index (χ4v) is 6.25. The number of rotatable bonds is 6. The van der Waals surface area contributed by atoms with Gasteiger partial charge in [0.15, 0.2) is 5.78 Å². The van der Waals surface area contributed by atoms with Crippen LogP contribution in [0.3, 0.4) is 0 Å². The summed E-state index contributed by atoms with van der Waals surface area (Å²) in [4.78, 5) is 29.5. The van der Waals surface area contributed by atoms with Crippen LogP contribution in [0, 0.1) is 17.7 Å². The predicted octanol–water partition coefficient (Wildman–Crippen LogP) is 6.46. The largest absolute Gasteiger partial charge is 0.416 e. The molecule has 2 aliphatic heterocycles. The minimum atomic E-state index is -4.44. The van der Waals surface area contributed by atoms with Crippen molar-refractivity contribution in [3.05, 3.63) is 65.0 Å². The summed E-state index contributed by atoms with van der Waals surface area (Å²) in [6, 6.07) is 9.17. The van der Waals surface area contributed by atoms with Crippen molar-refractivity contribution in [3.63, 3.8) is 0 Å². The molecule has 2 amide bonds. The first kappa shape index (κ1) is 27.6. The third-order valence-electron chi connectivity index (χ3n) is 8.67. The van der Waals surface area contributed by atoms with Crippen LogP contribution in [0.15, 0.2) is 42.5 Å². The number of urea groups is 1. The van der Waals surface area contributed by atoms with E-state index in [-0.39, 0.29) is 29.6 Å². The molecule has 3 aliphatic rings. The molecule has 210 valence electrons. The molecule has 9 heteroatoms. The van der Waals surface area contributed by atoms with Crippen molar-refractivity contribution in [1.29, 1.82) is 0 Å². The predicted molar refractivity (Wildman–Crippen MR) is 141 cm³/mol. The summed E-state index contributed by atoms with van der Waals surface area (Å²) in [6.45, 7) is 3.15. The number of likely N-dealkylation sites (tertiary alicyclic amines) is 1. The van der Waals surface area contributed by atoms with E-state index >= 15 is 0 Å². The highest BCUT2D eigenvalue weighted by Gasteiger charge is 2.34. The maximum atomic E-state index is 13.2. The van der Waals surface area contributed by atoms with Gasteiger partial charge in [-0.1, -0.05) is 6.07 Å². The van der Waals surface area contributed by atoms with Crippen LogP contribution in [-0.4, -0.2) is 48.9 Å². The Labute approximate surface area is 226 Å². The second-order valence-corrected chi connectivity index (χ2v) is 11.2. The molecule has 2 fully saturated rings. The molecule has 1 aliphatic carbocycles. The average Bonchev–Trinajstić information content (AvgIpc) is 3.36. The van der Waals surface area contributed by atoms with E-state index < -0.39 is 11.7 Å². The molecule has 2 heterocycles. The van der Waals surface area contributed by atoms with Gasteiger partial charge in [-0.3, -0.25) is 9.69 Å². The summed E-state index contributed by atoms with van der Waals surface area (Å²) in [5.74, 6) is 0.346. The van der Waals surface area contributed by atoms with E-state index in [1.165, 1.54) is 23.1 Å². The molecule has 5 nitrogen and oxygen atoms in total. The molecule has 2 aromatic carbocycles. The second-order valence-electron chi connectivity index (χ2n) is 11.2. The van der Waals surface area contributed by atoms with Gasteiger partial charge in [0.25, 0.3) is 0 Å². The molecule has 1 N–H and O–H groups in total. The number of nitrogens with zero attached hydrogens (tertiary/aromatic N) is 2. The number of hydrogen-bond donors (Lipinski definition) is 1. The average molecular weight is 546 g/mol. The molecule has 0 spiro atoms. The summed E-state index contributed by atoms with van der Waals surface area (Å²) in [5.41, 5.74) is 0.980. The number of fused-ring (bicyclic) bond motifs is 1. The van der Waals surface area contributed by atoms with Crippen molar-refractivity contribution < 1.29 is 27.2 Å². The van der Waals surface area contributed by atoms with Crippen LogP contribution >= 0.6 is 0 Å². The fraction of sp³-hybridized carbons (Fsp3) is 0.533. The molecule has 0 atom stereocenters. The lowest BCUT2D eigenvalue weighted by Crippen LogP contribution is -2.45. The number of benzene rings is 2. The number of ketones is 1. The van der Waals surface area contributed by atoms with Gasteiger partial charge in [0, 0.05) is 29.8 Å². The standard InChI is InChI=1S/C30H35F4N3O2/c31-25-7-4-22(5-8-25)28(38)23-12-16-36(17-13-23)15-11-20-1-9-26(10-2-20)35-29(39)37-18-14-21-3-6-24(19-27(21)37)30(32,33)34/h3-8,19-20,23,26H,1-2,9-18H2,(H,35,39)/t20-,26-. The molecule has 5 rings (SSSR count). The second kappa shape index (κ2) is 11.7. The molecule has 0 bridgehead atoms. The lowest BCUT2D eigenvalue weighted by molar-refractivity contribution is -0.137. The fourth-order valence-electron chi connectivity index (χ4n) is 6.25. The number of carbonyl (C=O) groups is 2. The Balaban J connectivity index is 1.02. The Morgan fingerprint density at radius 2 is 1.59 bits per heavy atom. The van der Waals surface area contributed by atoms with Gasteiger partial charge in [-0.25, -0.2) is 9.18 Å². The topological polar surface area (TPSA) is 52.7 Å². The molecule has 2 aromatic rings. The highest BCUT2D eigenvalue weighted by Crippen LogP contribution is 2.36. The lowest BCUT2D eigenvalue weighted by Gasteiger charge is -2.34. The Bertz CT molecular complexity index is 1170. The summed E-state index contributed by atoms with van der Waals surface area (Å²) >= 11 is 0. The van der Waals surface area contributed by atoms with Gasteiger partial charge in [0.1, 0.15) is 5.82 Å². The zero-order chi connectivity index (χ0) is 27.6. The van der Waals surface area contributed by atoms with Crippen LogP contribution in [0.2, 0.25) is 0 Å². The zero-order valence-corrected chi connectivity index (χ0v) is 22.0. The van der Waals surface area contributed by atoms with Crippen LogP contribution in [0.5, 0.6) is 0 Å². The Hall–Kier alpha value is -2.94. The van der Waals surface area contributed by atoms with Crippen molar-refractivity contribution in [1.82, 2.24) is 10.2 Å². The summed E-state index contributed by atoms with van der Waals surface area (Å²) < 4.78 is 52.6. The number of piperidine rings is 1. The minimum absolute atomic E-state index is 0.00613. The molecular weight excluding hydrogens is 510 g/mol. The van der Waals surface area contributed by atoms with Gasteiger partial charge < -0.3 is 10.2 Å². The summed E-state index contributed by atoms with van der Waals surface area (Å²) in [7, 11) is 0. The maximum absolute atomic E-state index is 13.2. The number of hydrogen-bond acceptors (Lipinski definition) is 3. The monoisotopic (exact) mass is 545 g/mol. The molecule has 39 heavy (non-hydrogen) atoms. The number of amides is 2. The smallest absolute Gasteiger partial charge is 0.335 e. The molecule has 0 aromatic heterocycles. The maximum Gasteiger partial charge on any atom is 0.416 e. The van der Waals surface area contributed by atoms with E-state index in [1.54, 1.807) is 12.1 Å². The van der Waals surface area contributed by atoms with Crippen LogP contribution in [0.25, 0.3) is 0 Å². The Morgan fingerprint density at radius 3 is 2.26 bits per heavy atom. The van der Waals surface area contributed by atoms with Crippen molar-refractivity contribution in [3.8, 4) is 0 Å². The van der Waals surface area contributed by atoms with Crippen molar-refractivity contribution in [2.75, 3.05) is 31.1 Å². The highest BCUT2D eigenvalue weighted by atomic mass is 19.4. The van der Waals surface area contributed by atoms with Gasteiger partial charge in [0.2, 0.25) is 0 Å². The van der Waals surface area contributed by atoms with Crippen LogP contribution < -0.4 is 10.2 Å². The third-order valence-corrected chi connectivity index (χ3v) is 8.67. The molecule has 1 saturated carbocycles. The molecular formula is C30H35F4N3O2. The third kappa shape index (κ3) is 6.62. The van der Waals surface area contributed by atoms with E-state index in [2.05, 4.69) is 10.2 Å². The van der Waals surface area contributed by atoms with E-state index in [0.29, 0.717) is 30.1 Å². The first-order valence-corrected chi connectivity index (χ1v) is 14.0. The van der Waals surface area contributed by atoms with Gasteiger partial charge in [0.05, 0.1) is 5.56 Å². The Kier molecular flexibility index (Phi) is 8.26. The number of halogens is 4. The van der Waals surface area contributed by atoms with Gasteiger partial charge in [-0.15, -0.1) is 0 Å². The SMILES string of the molecule is O=C(c1ccc(F)cc1)C1CCN(CC[C@H]2CC[C@H](NC(=O)N3CCc4ccc(C(F)(F)F)cc43)CC2)CC1. The van der Waals surface area contributed by atoms with E-state index in [4.69, 9.17) is 0 Å². The number of nitrogens with one attached hydrogen (secondary N) is 1. The molecule has 1 saturated heterocycles. The molecule has 0 radical (unpaired) electrons. The first-order valence-electron chi connectivity index (χ1n) is 14.0. The molecule has 0 unspecified atom stereocenters. The minimum Gasteiger partial charge on any atom is -0.335 e. The van der Waals surface area contributed by atoms with Gasteiger partial charge in [-0.2, -0.15) is 13.2 Å². The lowest BCUT2D eigenvalue weighted by atomic mass is 9.83. The van der Waals surface area contributed by atoms with Crippen LogP contribution in [-0.2, 0) is 12.6 Å². The number of alkyl halides is 3. The van der Waals surface area contributed by atoms with Crippen LogP contribution in [0.4, 0.5) is 28.0 Å². The van der Waals surface area contributed by atoms with Gasteiger partial charge in [-0.05, 0) is 119 Å². The van der Waals surface area contributed by atoms with Gasteiger partial charge >= 0.3 is 12.2 Å². The van der Waals surface area contributed by atoms with Crippen molar-refractivity contribution in [2.45, 2.75) is 63.6 Å². The highest BCUT2D eigenvalue weighted by molar-refractivity contribution is 5.98. The summed E-state index contributed by atoms with van der Waals surface area (Å²) in [5, 5.41) is 3.06.